The zero-order valence-corrected chi connectivity index (χ0v) is 15.4. The fraction of sp³-hybridized carbons (Fsp3) is 0.300. The topological polar surface area (TPSA) is 41.9 Å². The number of carbonyl (C=O) groups excluding carboxylic acids is 1. The van der Waals surface area contributed by atoms with E-state index < -0.39 is 17.2 Å². The van der Waals surface area contributed by atoms with Crippen LogP contribution < -0.4 is 4.74 Å². The Bertz CT molecular complexity index is 940. The van der Waals surface area contributed by atoms with Crippen molar-refractivity contribution in [1.29, 1.82) is 0 Å². The molecule has 0 N–H and O–H groups in total. The van der Waals surface area contributed by atoms with Crippen LogP contribution in [0.15, 0.2) is 35.3 Å². The molecule has 0 aromatic heterocycles. The van der Waals surface area contributed by atoms with Crippen molar-refractivity contribution in [2.45, 2.75) is 26.3 Å². The van der Waals surface area contributed by atoms with Gasteiger partial charge in [-0.05, 0) is 55.7 Å². The number of carbonyl (C=O) groups is 1. The number of aliphatic imine (C=N–C) groups is 1. The molecule has 1 atom stereocenters. The van der Waals surface area contributed by atoms with Crippen molar-refractivity contribution in [2.24, 2.45) is 4.99 Å². The van der Waals surface area contributed by atoms with E-state index in [4.69, 9.17) is 4.74 Å². The summed E-state index contributed by atoms with van der Waals surface area (Å²) >= 11 is 0. The van der Waals surface area contributed by atoms with E-state index in [0.29, 0.717) is 17.1 Å². The number of aryl methyl sites for hydroxylation is 2. The van der Waals surface area contributed by atoms with E-state index in [-0.39, 0.29) is 17.0 Å². The first-order valence-corrected chi connectivity index (χ1v) is 8.18. The fourth-order valence-corrected chi connectivity index (χ4v) is 3.31. The maximum Gasteiger partial charge on any atom is 0.264 e. The van der Waals surface area contributed by atoms with Crippen LogP contribution in [0.1, 0.15) is 29.2 Å². The van der Waals surface area contributed by atoms with Crippen molar-refractivity contribution >= 4 is 11.7 Å². The summed E-state index contributed by atoms with van der Waals surface area (Å²) in [5.41, 5.74) is 0.00223. The summed E-state index contributed by atoms with van der Waals surface area (Å²) in [6.07, 6.45) is 0. The monoisotopic (exact) mass is 358 g/mol. The maximum atomic E-state index is 14.8. The summed E-state index contributed by atoms with van der Waals surface area (Å²) in [5, 5.41) is 0. The summed E-state index contributed by atoms with van der Waals surface area (Å²) in [5.74, 6) is -0.734. The smallest absolute Gasteiger partial charge is 0.264 e. The van der Waals surface area contributed by atoms with Gasteiger partial charge < -0.3 is 9.64 Å². The molecule has 1 aliphatic heterocycles. The Morgan fingerprint density at radius 1 is 1.04 bits per heavy atom. The van der Waals surface area contributed by atoms with Gasteiger partial charge in [-0.25, -0.2) is 13.8 Å². The Hall–Kier alpha value is -2.76. The van der Waals surface area contributed by atoms with Gasteiger partial charge in [0.1, 0.15) is 23.2 Å². The molecule has 3 rings (SSSR count). The van der Waals surface area contributed by atoms with Crippen molar-refractivity contribution in [2.75, 3.05) is 14.2 Å². The molecule has 0 saturated carbocycles. The molecule has 4 nitrogen and oxygen atoms in total. The van der Waals surface area contributed by atoms with Gasteiger partial charge in [-0.2, -0.15) is 0 Å². The summed E-state index contributed by atoms with van der Waals surface area (Å²) in [7, 11) is 3.14. The molecule has 0 fully saturated rings. The number of likely N-dealkylation sites (N-methyl/N-ethyl adjacent to an activating group) is 1. The normalized spacial score (nSPS) is 19.7. The SMILES string of the molecule is COc1ccc(C2(c3cc(C)c(F)cc3F)N=C(C)N(C)C2=O)cc1C. The number of methoxy groups -OCH3 is 1. The van der Waals surface area contributed by atoms with Gasteiger partial charge >= 0.3 is 0 Å². The molecule has 0 bridgehead atoms. The van der Waals surface area contributed by atoms with Crippen LogP contribution in [0.25, 0.3) is 0 Å². The second-order valence-electron chi connectivity index (χ2n) is 6.50. The van der Waals surface area contributed by atoms with Gasteiger partial charge in [-0.15, -0.1) is 0 Å². The third-order valence-corrected chi connectivity index (χ3v) is 4.88. The van der Waals surface area contributed by atoms with Crippen LogP contribution in [0, 0.1) is 25.5 Å². The van der Waals surface area contributed by atoms with Gasteiger partial charge in [0.25, 0.3) is 5.91 Å². The average Bonchev–Trinajstić information content (AvgIpc) is 2.83. The number of nitrogens with zero attached hydrogens (tertiary/aromatic N) is 2. The molecule has 0 saturated heterocycles. The second kappa shape index (κ2) is 6.20. The van der Waals surface area contributed by atoms with Crippen LogP contribution in [0.2, 0.25) is 0 Å². The van der Waals surface area contributed by atoms with Gasteiger partial charge in [0.15, 0.2) is 5.54 Å². The van der Waals surface area contributed by atoms with Gasteiger partial charge in [-0.1, -0.05) is 6.07 Å². The third-order valence-electron chi connectivity index (χ3n) is 4.88. The number of hydrogen-bond acceptors (Lipinski definition) is 3. The minimum absolute atomic E-state index is 0.0367. The molecule has 2 aromatic rings. The predicted molar refractivity (Wildman–Crippen MR) is 95.5 cm³/mol. The van der Waals surface area contributed by atoms with Crippen LogP contribution >= 0.6 is 0 Å². The van der Waals surface area contributed by atoms with Gasteiger partial charge in [0.2, 0.25) is 0 Å². The zero-order valence-electron chi connectivity index (χ0n) is 15.4. The lowest BCUT2D eigenvalue weighted by atomic mass is 9.81. The first-order valence-electron chi connectivity index (χ1n) is 8.18. The minimum atomic E-state index is -1.58. The highest BCUT2D eigenvalue weighted by atomic mass is 19.1. The molecular formula is C20H20F2N2O2. The molecule has 2 aromatic carbocycles. The number of benzene rings is 2. The van der Waals surface area contributed by atoms with E-state index in [1.807, 2.05) is 6.92 Å². The number of hydrogen-bond donors (Lipinski definition) is 0. The van der Waals surface area contributed by atoms with Crippen LogP contribution in [0.3, 0.4) is 0 Å². The Morgan fingerprint density at radius 2 is 1.73 bits per heavy atom. The third kappa shape index (κ3) is 2.48. The molecule has 0 radical (unpaired) electrons. The maximum absolute atomic E-state index is 14.8. The molecule has 1 amide bonds. The molecule has 26 heavy (non-hydrogen) atoms. The minimum Gasteiger partial charge on any atom is -0.496 e. The molecule has 0 aliphatic carbocycles. The standard InChI is InChI=1S/C20H20F2N2O2/c1-11-9-15(17(22)10-16(11)21)20(19(25)24(4)13(3)23-20)14-6-7-18(26-5)12(2)8-14/h6-10H,1-5H3. The molecule has 6 heteroatoms. The lowest BCUT2D eigenvalue weighted by molar-refractivity contribution is -0.129. The predicted octanol–water partition coefficient (Wildman–Crippen LogP) is 3.72. The van der Waals surface area contributed by atoms with E-state index in [1.165, 1.54) is 17.9 Å². The van der Waals surface area contributed by atoms with Crippen LogP contribution in [0.5, 0.6) is 5.75 Å². The number of halogens is 2. The fourth-order valence-electron chi connectivity index (χ4n) is 3.31. The Labute approximate surface area is 151 Å². The molecule has 1 aliphatic rings. The Morgan fingerprint density at radius 3 is 2.27 bits per heavy atom. The van der Waals surface area contributed by atoms with E-state index in [0.717, 1.165) is 11.6 Å². The first kappa shape index (κ1) is 18.0. The average molecular weight is 358 g/mol. The second-order valence-corrected chi connectivity index (χ2v) is 6.50. The lowest BCUT2D eigenvalue weighted by Gasteiger charge is -2.27. The molecule has 136 valence electrons. The van der Waals surface area contributed by atoms with Crippen LogP contribution in [-0.2, 0) is 10.3 Å². The highest BCUT2D eigenvalue weighted by molar-refractivity contribution is 6.09. The van der Waals surface area contributed by atoms with E-state index in [2.05, 4.69) is 4.99 Å². The van der Waals surface area contributed by atoms with Crippen molar-refractivity contribution in [3.05, 3.63) is 64.2 Å². The van der Waals surface area contributed by atoms with Gasteiger partial charge in [0.05, 0.1) is 7.11 Å². The van der Waals surface area contributed by atoms with E-state index in [1.54, 1.807) is 39.3 Å². The highest BCUT2D eigenvalue weighted by Crippen LogP contribution is 2.42. The first-order chi connectivity index (χ1) is 12.2. The molecule has 1 heterocycles. The van der Waals surface area contributed by atoms with Gasteiger partial charge in [-0.3, -0.25) is 4.79 Å². The molecular weight excluding hydrogens is 338 g/mol. The Balaban J connectivity index is 2.35. The number of amidine groups is 1. The van der Waals surface area contributed by atoms with Crippen molar-refractivity contribution in [1.82, 2.24) is 4.90 Å². The van der Waals surface area contributed by atoms with E-state index in [9.17, 15) is 13.6 Å². The largest absolute Gasteiger partial charge is 0.496 e. The Kier molecular flexibility index (Phi) is 4.30. The van der Waals surface area contributed by atoms with Crippen molar-refractivity contribution in [3.8, 4) is 5.75 Å². The molecule has 0 spiro atoms. The highest BCUT2D eigenvalue weighted by Gasteiger charge is 2.50. The summed E-state index contributed by atoms with van der Waals surface area (Å²) in [6.45, 7) is 5.05. The van der Waals surface area contributed by atoms with Crippen LogP contribution in [0.4, 0.5) is 8.78 Å². The number of ether oxygens (including phenoxy) is 1. The van der Waals surface area contributed by atoms with E-state index >= 15 is 0 Å². The van der Waals surface area contributed by atoms with Gasteiger partial charge in [0, 0.05) is 18.7 Å². The summed E-state index contributed by atoms with van der Waals surface area (Å²) in [6, 6.07) is 7.33. The van der Waals surface area contributed by atoms with Crippen molar-refractivity contribution < 1.29 is 18.3 Å². The van der Waals surface area contributed by atoms with Crippen LogP contribution in [-0.4, -0.2) is 30.8 Å². The lowest BCUT2D eigenvalue weighted by Crippen LogP contribution is -2.40. The quantitative estimate of drug-likeness (QED) is 0.839. The number of amides is 1. The van der Waals surface area contributed by atoms with Crippen molar-refractivity contribution in [3.63, 3.8) is 0 Å². The summed E-state index contributed by atoms with van der Waals surface area (Å²) in [4.78, 5) is 19.1. The molecule has 1 unspecified atom stereocenters. The summed E-state index contributed by atoms with van der Waals surface area (Å²) < 4.78 is 33.9. The zero-order chi connectivity index (χ0) is 19.2. The number of rotatable bonds is 3.